The summed E-state index contributed by atoms with van der Waals surface area (Å²) in [6, 6.07) is 8.47. The van der Waals surface area contributed by atoms with Crippen molar-refractivity contribution in [2.24, 2.45) is 0 Å². The number of benzene rings is 1. The Kier molecular flexibility index (Phi) is 5.04. The van der Waals surface area contributed by atoms with Gasteiger partial charge in [0.1, 0.15) is 12.4 Å². The molecule has 2 aromatic heterocycles. The maximum atomic E-state index is 6.12. The van der Waals surface area contributed by atoms with E-state index in [9.17, 15) is 0 Å². The number of halogens is 1. The zero-order valence-corrected chi connectivity index (χ0v) is 15.4. The van der Waals surface area contributed by atoms with Crippen molar-refractivity contribution in [3.05, 3.63) is 47.2 Å². The molecular formula is C19H20ClN3OS. The molecule has 1 aliphatic rings. The van der Waals surface area contributed by atoms with Gasteiger partial charge in [-0.05, 0) is 37.1 Å². The average molecular weight is 374 g/mol. The van der Waals surface area contributed by atoms with E-state index < -0.39 is 0 Å². The quantitative estimate of drug-likeness (QED) is 0.626. The molecule has 0 saturated heterocycles. The van der Waals surface area contributed by atoms with Gasteiger partial charge in [0.2, 0.25) is 0 Å². The third kappa shape index (κ3) is 4.05. The number of nitrogens with zero attached hydrogens (tertiary/aromatic N) is 2. The summed E-state index contributed by atoms with van der Waals surface area (Å²) in [5, 5.41) is 5.23. The van der Waals surface area contributed by atoms with Crippen molar-refractivity contribution in [2.75, 3.05) is 5.32 Å². The lowest BCUT2D eigenvalue weighted by atomic mass is 9.96. The van der Waals surface area contributed by atoms with Gasteiger partial charge in [-0.3, -0.25) is 4.98 Å². The van der Waals surface area contributed by atoms with Gasteiger partial charge in [0.15, 0.2) is 5.13 Å². The highest BCUT2D eigenvalue weighted by Gasteiger charge is 2.15. The summed E-state index contributed by atoms with van der Waals surface area (Å²) in [6.45, 7) is 0.429. The van der Waals surface area contributed by atoms with Crippen molar-refractivity contribution in [1.29, 1.82) is 0 Å². The molecule has 0 spiro atoms. The van der Waals surface area contributed by atoms with Crippen LogP contribution in [0.2, 0.25) is 5.02 Å². The number of anilines is 1. The number of nitrogens with one attached hydrogen (secondary N) is 1. The van der Waals surface area contributed by atoms with Gasteiger partial charge in [0.05, 0.1) is 15.2 Å². The van der Waals surface area contributed by atoms with E-state index in [0.717, 1.165) is 26.7 Å². The van der Waals surface area contributed by atoms with Crippen LogP contribution in [0.15, 0.2) is 36.7 Å². The Labute approximate surface area is 156 Å². The first-order valence-corrected chi connectivity index (χ1v) is 9.86. The van der Waals surface area contributed by atoms with E-state index in [4.69, 9.17) is 21.3 Å². The molecule has 0 aliphatic heterocycles. The molecule has 0 amide bonds. The highest BCUT2D eigenvalue weighted by molar-refractivity contribution is 7.22. The van der Waals surface area contributed by atoms with E-state index in [1.54, 1.807) is 23.7 Å². The van der Waals surface area contributed by atoms with Crippen LogP contribution >= 0.6 is 22.9 Å². The van der Waals surface area contributed by atoms with Gasteiger partial charge >= 0.3 is 0 Å². The number of aromatic nitrogens is 2. The van der Waals surface area contributed by atoms with Crippen molar-refractivity contribution >= 4 is 38.3 Å². The zero-order valence-electron chi connectivity index (χ0n) is 13.9. The predicted molar refractivity (Wildman–Crippen MR) is 104 cm³/mol. The zero-order chi connectivity index (χ0) is 17.1. The van der Waals surface area contributed by atoms with Crippen LogP contribution in [-0.2, 0) is 6.61 Å². The van der Waals surface area contributed by atoms with Crippen LogP contribution in [0, 0.1) is 0 Å². The highest BCUT2D eigenvalue weighted by Crippen LogP contribution is 2.31. The van der Waals surface area contributed by atoms with Crippen molar-refractivity contribution in [3.8, 4) is 5.75 Å². The lowest BCUT2D eigenvalue weighted by Gasteiger charge is -2.22. The summed E-state index contributed by atoms with van der Waals surface area (Å²) in [6.07, 6.45) is 9.85. The molecule has 6 heteroatoms. The van der Waals surface area contributed by atoms with E-state index in [2.05, 4.69) is 10.3 Å². The van der Waals surface area contributed by atoms with E-state index in [1.807, 2.05) is 24.3 Å². The Hall–Kier alpha value is -1.85. The second kappa shape index (κ2) is 7.58. The number of hydrogen-bond acceptors (Lipinski definition) is 5. The van der Waals surface area contributed by atoms with Gasteiger partial charge < -0.3 is 10.1 Å². The summed E-state index contributed by atoms with van der Waals surface area (Å²) in [5.74, 6) is 0.827. The standard InChI is InChI=1S/C19H20ClN3OS/c20-16-11-21-9-8-13(16)12-24-15-6-7-17-18(10-15)25-19(23-17)22-14-4-2-1-3-5-14/h6-11,14H,1-5,12H2,(H,22,23). The third-order valence-electron chi connectivity index (χ3n) is 4.54. The normalized spacial score (nSPS) is 15.4. The lowest BCUT2D eigenvalue weighted by Crippen LogP contribution is -2.21. The molecule has 130 valence electrons. The molecule has 3 aromatic rings. The summed E-state index contributed by atoms with van der Waals surface area (Å²) in [5.41, 5.74) is 1.94. The van der Waals surface area contributed by atoms with Gasteiger partial charge in [0.25, 0.3) is 0 Å². The maximum absolute atomic E-state index is 6.12. The molecule has 2 heterocycles. The second-order valence-electron chi connectivity index (χ2n) is 6.38. The number of rotatable bonds is 5. The van der Waals surface area contributed by atoms with Crippen molar-refractivity contribution in [2.45, 2.75) is 44.8 Å². The Morgan fingerprint density at radius 1 is 1.20 bits per heavy atom. The largest absolute Gasteiger partial charge is 0.489 e. The molecule has 0 atom stereocenters. The average Bonchev–Trinajstić information content (AvgIpc) is 3.03. The molecule has 0 unspecified atom stereocenters. The SMILES string of the molecule is Clc1cnccc1COc1ccc2nc(NC3CCCCC3)sc2c1. The van der Waals surface area contributed by atoms with Gasteiger partial charge in [0, 0.05) is 24.0 Å². The number of ether oxygens (including phenoxy) is 1. The fraction of sp³-hybridized carbons (Fsp3) is 0.368. The van der Waals surface area contributed by atoms with Crippen LogP contribution in [0.25, 0.3) is 10.2 Å². The molecule has 1 N–H and O–H groups in total. The van der Waals surface area contributed by atoms with Gasteiger partial charge in [-0.15, -0.1) is 0 Å². The minimum atomic E-state index is 0.429. The monoisotopic (exact) mass is 373 g/mol. The van der Waals surface area contributed by atoms with Crippen molar-refractivity contribution in [3.63, 3.8) is 0 Å². The minimum Gasteiger partial charge on any atom is -0.489 e. The molecule has 1 aromatic carbocycles. The van der Waals surface area contributed by atoms with E-state index in [0.29, 0.717) is 17.7 Å². The molecule has 25 heavy (non-hydrogen) atoms. The summed E-state index contributed by atoms with van der Waals surface area (Å²) in [4.78, 5) is 8.69. The minimum absolute atomic E-state index is 0.429. The maximum Gasteiger partial charge on any atom is 0.184 e. The third-order valence-corrected chi connectivity index (χ3v) is 5.83. The molecule has 4 rings (SSSR count). The Bertz CT molecular complexity index is 861. The Morgan fingerprint density at radius 2 is 2.08 bits per heavy atom. The van der Waals surface area contributed by atoms with E-state index in [-0.39, 0.29) is 0 Å². The van der Waals surface area contributed by atoms with Gasteiger partial charge in [-0.1, -0.05) is 42.2 Å². The predicted octanol–water partition coefficient (Wildman–Crippen LogP) is 5.67. The van der Waals surface area contributed by atoms with E-state index >= 15 is 0 Å². The lowest BCUT2D eigenvalue weighted by molar-refractivity contribution is 0.306. The molecule has 4 nitrogen and oxygen atoms in total. The molecule has 0 bridgehead atoms. The van der Waals surface area contributed by atoms with E-state index in [1.165, 1.54) is 32.1 Å². The highest BCUT2D eigenvalue weighted by atomic mass is 35.5. The first kappa shape index (κ1) is 16.6. The van der Waals surface area contributed by atoms with Crippen molar-refractivity contribution < 1.29 is 4.74 Å². The molecule has 1 fully saturated rings. The van der Waals surface area contributed by atoms with Crippen LogP contribution in [-0.4, -0.2) is 16.0 Å². The summed E-state index contributed by atoms with van der Waals surface area (Å²) < 4.78 is 7.02. The Morgan fingerprint density at radius 3 is 2.92 bits per heavy atom. The second-order valence-corrected chi connectivity index (χ2v) is 7.82. The van der Waals surface area contributed by atoms with Crippen LogP contribution in [0.3, 0.4) is 0 Å². The van der Waals surface area contributed by atoms with Gasteiger partial charge in [-0.25, -0.2) is 4.98 Å². The Balaban J connectivity index is 1.45. The van der Waals surface area contributed by atoms with Crippen molar-refractivity contribution in [1.82, 2.24) is 9.97 Å². The molecular weight excluding hydrogens is 354 g/mol. The molecule has 1 aliphatic carbocycles. The first-order valence-electron chi connectivity index (χ1n) is 8.66. The summed E-state index contributed by atoms with van der Waals surface area (Å²) >= 11 is 7.81. The topological polar surface area (TPSA) is 47.0 Å². The fourth-order valence-corrected chi connectivity index (χ4v) is 4.31. The smallest absolute Gasteiger partial charge is 0.184 e. The van der Waals surface area contributed by atoms with Crippen LogP contribution in [0.4, 0.5) is 5.13 Å². The van der Waals surface area contributed by atoms with Crippen LogP contribution in [0.5, 0.6) is 5.75 Å². The molecule has 0 radical (unpaired) electrons. The number of hydrogen-bond donors (Lipinski definition) is 1. The van der Waals surface area contributed by atoms with Gasteiger partial charge in [-0.2, -0.15) is 0 Å². The number of fused-ring (bicyclic) bond motifs is 1. The first-order chi connectivity index (χ1) is 12.3. The van der Waals surface area contributed by atoms with Crippen LogP contribution < -0.4 is 10.1 Å². The number of pyridine rings is 1. The van der Waals surface area contributed by atoms with Crippen LogP contribution in [0.1, 0.15) is 37.7 Å². The summed E-state index contributed by atoms with van der Waals surface area (Å²) in [7, 11) is 0. The molecule has 1 saturated carbocycles. The number of thiazole rings is 1. The fourth-order valence-electron chi connectivity index (χ4n) is 3.16.